The number of hydrogen-bond acceptors (Lipinski definition) is 7. The zero-order valence-corrected chi connectivity index (χ0v) is 11.2. The monoisotopic (exact) mass is 267 g/mol. The lowest BCUT2D eigenvalue weighted by Gasteiger charge is -2.11. The smallest absolute Gasteiger partial charge is 0.240 e. The third-order valence-corrected chi connectivity index (χ3v) is 3.57. The van der Waals surface area contributed by atoms with Crippen molar-refractivity contribution in [1.82, 2.24) is 9.97 Å². The van der Waals surface area contributed by atoms with Gasteiger partial charge >= 0.3 is 0 Å². The van der Waals surface area contributed by atoms with Crippen LogP contribution >= 0.6 is 11.3 Å². The van der Waals surface area contributed by atoms with Crippen LogP contribution < -0.4 is 16.6 Å². The number of aromatic nitrogens is 2. The summed E-state index contributed by atoms with van der Waals surface area (Å²) < 4.78 is 0. The molecule has 2 aromatic heterocycles. The quantitative estimate of drug-likeness (QED) is 0.484. The van der Waals surface area contributed by atoms with E-state index in [9.17, 15) is 5.11 Å². The maximum atomic E-state index is 9.58. The van der Waals surface area contributed by atoms with Crippen LogP contribution in [0.15, 0.2) is 6.07 Å². The van der Waals surface area contributed by atoms with Crippen molar-refractivity contribution >= 4 is 33.3 Å². The minimum absolute atomic E-state index is 0.373. The Morgan fingerprint density at radius 3 is 2.94 bits per heavy atom. The van der Waals surface area contributed by atoms with Gasteiger partial charge in [-0.3, -0.25) is 5.43 Å². The van der Waals surface area contributed by atoms with Crippen LogP contribution in [0.2, 0.25) is 0 Å². The van der Waals surface area contributed by atoms with Crippen LogP contribution in [0.4, 0.5) is 11.8 Å². The predicted molar refractivity (Wildman–Crippen MR) is 74.7 cm³/mol. The van der Waals surface area contributed by atoms with Crippen molar-refractivity contribution in [3.8, 4) is 0 Å². The van der Waals surface area contributed by atoms with Crippen LogP contribution in [0.3, 0.4) is 0 Å². The van der Waals surface area contributed by atoms with E-state index in [0.717, 1.165) is 15.1 Å². The molecule has 1 atom stereocenters. The second kappa shape index (κ2) is 5.47. The van der Waals surface area contributed by atoms with Crippen LogP contribution in [-0.4, -0.2) is 27.7 Å². The van der Waals surface area contributed by atoms with Gasteiger partial charge in [-0.2, -0.15) is 4.98 Å². The first-order valence-electron chi connectivity index (χ1n) is 5.80. The molecule has 5 N–H and O–H groups in total. The van der Waals surface area contributed by atoms with Gasteiger partial charge in [0.15, 0.2) is 0 Å². The first-order chi connectivity index (χ1) is 8.63. The Bertz CT molecular complexity index is 541. The number of nitrogen functional groups attached to an aromatic ring is 1. The molecule has 2 aromatic rings. The number of fused-ring (bicyclic) bond motifs is 1. The lowest BCUT2D eigenvalue weighted by Crippen LogP contribution is -2.19. The molecule has 2 rings (SSSR count). The summed E-state index contributed by atoms with van der Waals surface area (Å²) in [5, 5.41) is 13.7. The Labute approximate surface area is 109 Å². The fourth-order valence-corrected chi connectivity index (χ4v) is 2.48. The molecule has 6 nitrogen and oxygen atoms in total. The molecule has 0 saturated carbocycles. The fourth-order valence-electron chi connectivity index (χ4n) is 1.60. The highest BCUT2D eigenvalue weighted by molar-refractivity contribution is 7.18. The Balaban J connectivity index is 2.34. The number of hydrazine groups is 1. The number of nitrogens with zero attached hydrogens (tertiary/aromatic N) is 2. The lowest BCUT2D eigenvalue weighted by atomic mass is 10.2. The molecule has 0 bridgehead atoms. The van der Waals surface area contributed by atoms with Gasteiger partial charge in [-0.05, 0) is 19.4 Å². The van der Waals surface area contributed by atoms with Crippen LogP contribution in [0.25, 0.3) is 10.2 Å². The SMILES string of the molecule is CCC(O)CNc1nc(NN)nc2sc(C)cc12. The highest BCUT2D eigenvalue weighted by atomic mass is 32.1. The third-order valence-electron chi connectivity index (χ3n) is 2.62. The second-order valence-corrected chi connectivity index (χ2v) is 5.29. The molecule has 7 heteroatoms. The van der Waals surface area contributed by atoms with Crippen LogP contribution in [-0.2, 0) is 0 Å². The molecule has 0 spiro atoms. The van der Waals surface area contributed by atoms with Crippen molar-refractivity contribution in [3.05, 3.63) is 10.9 Å². The van der Waals surface area contributed by atoms with E-state index < -0.39 is 0 Å². The molecular weight excluding hydrogens is 250 g/mol. The van der Waals surface area contributed by atoms with E-state index >= 15 is 0 Å². The fraction of sp³-hybridized carbons (Fsp3) is 0.455. The van der Waals surface area contributed by atoms with Gasteiger partial charge in [0.05, 0.1) is 11.5 Å². The molecule has 0 radical (unpaired) electrons. The third kappa shape index (κ3) is 2.69. The van der Waals surface area contributed by atoms with Crippen LogP contribution in [0, 0.1) is 6.92 Å². The van der Waals surface area contributed by atoms with Gasteiger partial charge in [0, 0.05) is 11.4 Å². The Morgan fingerprint density at radius 2 is 2.28 bits per heavy atom. The zero-order chi connectivity index (χ0) is 13.1. The van der Waals surface area contributed by atoms with Gasteiger partial charge in [-0.1, -0.05) is 6.92 Å². The second-order valence-electron chi connectivity index (χ2n) is 4.06. The van der Waals surface area contributed by atoms with Gasteiger partial charge in [-0.25, -0.2) is 10.8 Å². The van der Waals surface area contributed by atoms with Crippen LogP contribution in [0.1, 0.15) is 18.2 Å². The molecule has 0 aliphatic carbocycles. The molecule has 0 aromatic carbocycles. The molecule has 0 saturated heterocycles. The Hall–Kier alpha value is -1.44. The normalized spacial score (nSPS) is 12.7. The van der Waals surface area contributed by atoms with E-state index in [0.29, 0.717) is 24.7 Å². The molecule has 0 amide bonds. The van der Waals surface area contributed by atoms with Crippen molar-refractivity contribution in [2.45, 2.75) is 26.4 Å². The highest BCUT2D eigenvalue weighted by Gasteiger charge is 2.11. The average molecular weight is 267 g/mol. The van der Waals surface area contributed by atoms with E-state index in [4.69, 9.17) is 5.84 Å². The van der Waals surface area contributed by atoms with Crippen LogP contribution in [0.5, 0.6) is 0 Å². The molecular formula is C11H17N5OS. The molecule has 0 fully saturated rings. The maximum absolute atomic E-state index is 9.58. The molecule has 18 heavy (non-hydrogen) atoms. The molecule has 1 unspecified atom stereocenters. The van der Waals surface area contributed by atoms with E-state index in [-0.39, 0.29) is 6.10 Å². The number of rotatable bonds is 5. The van der Waals surface area contributed by atoms with E-state index in [1.807, 2.05) is 19.9 Å². The minimum Gasteiger partial charge on any atom is -0.391 e. The van der Waals surface area contributed by atoms with E-state index in [2.05, 4.69) is 20.7 Å². The molecule has 2 heterocycles. The first-order valence-corrected chi connectivity index (χ1v) is 6.62. The van der Waals surface area contributed by atoms with Crippen molar-refractivity contribution in [1.29, 1.82) is 0 Å². The summed E-state index contributed by atoms with van der Waals surface area (Å²) in [5.41, 5.74) is 2.45. The summed E-state index contributed by atoms with van der Waals surface area (Å²) in [4.78, 5) is 10.6. The standard InChI is InChI=1S/C11H17N5OS/c1-3-7(17)5-13-9-8-4-6(2)18-10(8)15-11(14-9)16-12/h4,7,17H,3,5,12H2,1-2H3,(H2,13,14,15,16). The summed E-state index contributed by atoms with van der Waals surface area (Å²) >= 11 is 1.59. The number of thiophene rings is 1. The maximum Gasteiger partial charge on any atom is 0.240 e. The molecule has 0 aliphatic heterocycles. The number of aliphatic hydroxyl groups excluding tert-OH is 1. The molecule has 0 aliphatic rings. The van der Waals surface area contributed by atoms with Crippen molar-refractivity contribution in [2.24, 2.45) is 5.84 Å². The summed E-state index contributed by atoms with van der Waals surface area (Å²) in [6.45, 7) is 4.41. The van der Waals surface area contributed by atoms with Gasteiger partial charge in [0.25, 0.3) is 0 Å². The number of nitrogens with one attached hydrogen (secondary N) is 2. The van der Waals surface area contributed by atoms with Crippen molar-refractivity contribution < 1.29 is 5.11 Å². The number of aryl methyl sites for hydroxylation is 1. The number of hydrogen-bond donors (Lipinski definition) is 4. The Morgan fingerprint density at radius 1 is 1.50 bits per heavy atom. The number of anilines is 2. The zero-order valence-electron chi connectivity index (χ0n) is 10.4. The van der Waals surface area contributed by atoms with Gasteiger partial charge in [0.1, 0.15) is 10.6 Å². The van der Waals surface area contributed by atoms with E-state index in [1.165, 1.54) is 0 Å². The molecule has 98 valence electrons. The summed E-state index contributed by atoms with van der Waals surface area (Å²) in [6, 6.07) is 2.03. The first kappa shape index (κ1) is 13.0. The summed E-state index contributed by atoms with van der Waals surface area (Å²) in [6.07, 6.45) is 0.315. The average Bonchev–Trinajstić information content (AvgIpc) is 2.75. The van der Waals surface area contributed by atoms with Gasteiger partial charge in [-0.15, -0.1) is 11.3 Å². The van der Waals surface area contributed by atoms with Crippen molar-refractivity contribution in [2.75, 3.05) is 17.3 Å². The van der Waals surface area contributed by atoms with Crippen molar-refractivity contribution in [3.63, 3.8) is 0 Å². The van der Waals surface area contributed by atoms with Gasteiger partial charge in [0.2, 0.25) is 5.95 Å². The lowest BCUT2D eigenvalue weighted by molar-refractivity contribution is 0.183. The number of aliphatic hydroxyl groups is 1. The number of nitrogens with two attached hydrogens (primary N) is 1. The minimum atomic E-state index is -0.385. The topological polar surface area (TPSA) is 96.1 Å². The highest BCUT2D eigenvalue weighted by Crippen LogP contribution is 2.29. The Kier molecular flexibility index (Phi) is 3.95. The summed E-state index contributed by atoms with van der Waals surface area (Å²) in [7, 11) is 0. The predicted octanol–water partition coefficient (Wildman–Crippen LogP) is 1.47. The van der Waals surface area contributed by atoms with E-state index in [1.54, 1.807) is 11.3 Å². The van der Waals surface area contributed by atoms with Gasteiger partial charge < -0.3 is 10.4 Å². The summed E-state index contributed by atoms with van der Waals surface area (Å²) in [5.74, 6) is 6.42. The largest absolute Gasteiger partial charge is 0.391 e.